The number of aromatic nitrogens is 3. The van der Waals surface area contributed by atoms with Gasteiger partial charge in [0.05, 0.1) is 12.2 Å². The molecular formula is C24H28N6O3. The topological polar surface area (TPSA) is 92.5 Å². The van der Waals surface area contributed by atoms with E-state index in [0.717, 1.165) is 35.1 Å². The molecule has 0 spiro atoms. The number of carbonyl (C=O) groups excluding carboxylic acids is 3. The molecule has 0 radical (unpaired) electrons. The van der Waals surface area contributed by atoms with E-state index in [9.17, 15) is 14.4 Å². The third-order valence-electron chi connectivity index (χ3n) is 6.45. The summed E-state index contributed by atoms with van der Waals surface area (Å²) < 4.78 is 3.87. The van der Waals surface area contributed by atoms with Crippen molar-refractivity contribution in [3.63, 3.8) is 0 Å². The predicted molar refractivity (Wildman–Crippen MR) is 125 cm³/mol. The molecule has 0 saturated carbocycles. The lowest BCUT2D eigenvalue weighted by Gasteiger charge is -2.27. The van der Waals surface area contributed by atoms with Crippen molar-refractivity contribution in [3.05, 3.63) is 36.5 Å². The Morgan fingerprint density at radius 2 is 1.97 bits per heavy atom. The fraction of sp³-hybridized carbons (Fsp3) is 0.417. The van der Waals surface area contributed by atoms with E-state index in [0.29, 0.717) is 44.7 Å². The minimum absolute atomic E-state index is 0.0395. The standard InChI is InChI=1S/C24H28N6O3/c1-27-15-18(17-6-2-3-7-20(17)27)19-14-22-29(24(33)9-13-30(22)26-19)16-21(31)25-10-5-12-28-11-4-8-23(28)32/h2-3,6-7,14-15H,4-5,8-13,16H2,1H3,(H,25,31). The smallest absolute Gasteiger partial charge is 0.240 e. The zero-order chi connectivity index (χ0) is 22.9. The zero-order valence-electron chi connectivity index (χ0n) is 18.8. The first-order chi connectivity index (χ1) is 16.0. The molecule has 3 aromatic rings. The Morgan fingerprint density at radius 1 is 1.12 bits per heavy atom. The number of amides is 3. The number of nitrogens with one attached hydrogen (secondary N) is 1. The molecule has 9 nitrogen and oxygen atoms in total. The molecule has 1 saturated heterocycles. The van der Waals surface area contributed by atoms with Crippen LogP contribution in [0, 0.1) is 0 Å². The molecule has 3 amide bonds. The molecule has 172 valence electrons. The van der Waals surface area contributed by atoms with Crippen LogP contribution >= 0.6 is 0 Å². The summed E-state index contributed by atoms with van der Waals surface area (Å²) in [6.07, 6.45) is 4.60. The molecule has 9 heteroatoms. The predicted octanol–water partition coefficient (Wildman–Crippen LogP) is 1.91. The highest BCUT2D eigenvalue weighted by Crippen LogP contribution is 2.33. The molecule has 2 aliphatic heterocycles. The van der Waals surface area contributed by atoms with Gasteiger partial charge in [-0.05, 0) is 18.9 Å². The van der Waals surface area contributed by atoms with Crippen LogP contribution in [0.3, 0.4) is 0 Å². The van der Waals surface area contributed by atoms with Crippen molar-refractivity contribution >= 4 is 34.4 Å². The number of anilines is 1. The van der Waals surface area contributed by atoms with Crippen molar-refractivity contribution < 1.29 is 14.4 Å². The van der Waals surface area contributed by atoms with E-state index >= 15 is 0 Å². The van der Waals surface area contributed by atoms with Gasteiger partial charge in [0.25, 0.3) is 0 Å². The average Bonchev–Trinajstić information content (AvgIpc) is 3.51. The molecule has 0 aliphatic carbocycles. The normalized spacial score (nSPS) is 16.0. The summed E-state index contributed by atoms with van der Waals surface area (Å²) in [6.45, 7) is 2.40. The molecule has 5 rings (SSSR count). The minimum Gasteiger partial charge on any atom is -0.354 e. The van der Waals surface area contributed by atoms with Crippen LogP contribution in [0.1, 0.15) is 25.7 Å². The van der Waals surface area contributed by atoms with Gasteiger partial charge in [-0.2, -0.15) is 5.10 Å². The van der Waals surface area contributed by atoms with Crippen LogP contribution in [0.2, 0.25) is 0 Å². The second-order valence-electron chi connectivity index (χ2n) is 8.70. The number of para-hydroxylation sites is 1. The number of hydrogen-bond acceptors (Lipinski definition) is 4. The van der Waals surface area contributed by atoms with Gasteiger partial charge < -0.3 is 14.8 Å². The van der Waals surface area contributed by atoms with Crippen LogP contribution in [-0.2, 0) is 28.0 Å². The molecule has 0 atom stereocenters. The lowest BCUT2D eigenvalue weighted by molar-refractivity contribution is -0.127. The highest BCUT2D eigenvalue weighted by Gasteiger charge is 2.28. The SMILES string of the molecule is Cn1cc(-c2cc3n(n2)CCC(=O)N3CC(=O)NCCCN2CCCC2=O)c2ccccc21. The van der Waals surface area contributed by atoms with Crippen molar-refractivity contribution in [1.82, 2.24) is 24.6 Å². The molecular weight excluding hydrogens is 420 g/mol. The van der Waals surface area contributed by atoms with Crippen LogP contribution in [0.4, 0.5) is 5.82 Å². The quantitative estimate of drug-likeness (QED) is 0.559. The summed E-state index contributed by atoms with van der Waals surface area (Å²) in [5.41, 5.74) is 2.90. The Bertz CT molecular complexity index is 1230. The Morgan fingerprint density at radius 3 is 2.79 bits per heavy atom. The van der Waals surface area contributed by atoms with Crippen molar-refractivity contribution in [1.29, 1.82) is 0 Å². The highest BCUT2D eigenvalue weighted by molar-refractivity contribution is 6.00. The lowest BCUT2D eigenvalue weighted by Crippen LogP contribution is -2.44. The molecule has 1 N–H and O–H groups in total. The van der Waals surface area contributed by atoms with E-state index in [-0.39, 0.29) is 24.3 Å². The summed E-state index contributed by atoms with van der Waals surface area (Å²) in [5.74, 6) is 0.546. The number of aryl methyl sites for hydroxylation is 2. The fourth-order valence-corrected chi connectivity index (χ4v) is 4.74. The van der Waals surface area contributed by atoms with Crippen LogP contribution < -0.4 is 10.2 Å². The minimum atomic E-state index is -0.211. The first-order valence-electron chi connectivity index (χ1n) is 11.5. The van der Waals surface area contributed by atoms with E-state index in [1.54, 1.807) is 0 Å². The Hall–Kier alpha value is -3.62. The van der Waals surface area contributed by atoms with Gasteiger partial charge in [0, 0.05) is 68.3 Å². The Balaban J connectivity index is 1.27. The van der Waals surface area contributed by atoms with Gasteiger partial charge in [-0.3, -0.25) is 19.3 Å². The number of carbonyl (C=O) groups is 3. The number of benzene rings is 1. The monoisotopic (exact) mass is 448 g/mol. The molecule has 1 aromatic carbocycles. The fourth-order valence-electron chi connectivity index (χ4n) is 4.74. The molecule has 0 unspecified atom stereocenters. The van der Waals surface area contributed by atoms with E-state index < -0.39 is 0 Å². The van der Waals surface area contributed by atoms with Gasteiger partial charge in [0.15, 0.2) is 0 Å². The zero-order valence-corrected chi connectivity index (χ0v) is 18.8. The maximum atomic E-state index is 12.7. The lowest BCUT2D eigenvalue weighted by atomic mass is 10.1. The molecule has 4 heterocycles. The maximum Gasteiger partial charge on any atom is 0.240 e. The third kappa shape index (κ3) is 4.10. The number of likely N-dealkylation sites (tertiary alicyclic amines) is 1. The van der Waals surface area contributed by atoms with E-state index in [4.69, 9.17) is 5.10 Å². The van der Waals surface area contributed by atoms with Crippen molar-refractivity contribution in [3.8, 4) is 11.3 Å². The molecule has 0 bridgehead atoms. The van der Waals surface area contributed by atoms with E-state index in [2.05, 4.69) is 22.0 Å². The van der Waals surface area contributed by atoms with E-state index in [1.807, 2.05) is 41.0 Å². The van der Waals surface area contributed by atoms with Gasteiger partial charge in [-0.15, -0.1) is 0 Å². The van der Waals surface area contributed by atoms with Gasteiger partial charge >= 0.3 is 0 Å². The van der Waals surface area contributed by atoms with Crippen molar-refractivity contribution in [2.45, 2.75) is 32.2 Å². The van der Waals surface area contributed by atoms with Crippen LogP contribution in [0.15, 0.2) is 36.5 Å². The maximum absolute atomic E-state index is 12.7. The first-order valence-corrected chi connectivity index (χ1v) is 11.5. The molecule has 1 fully saturated rings. The van der Waals surface area contributed by atoms with Gasteiger partial charge in [0.1, 0.15) is 12.4 Å². The second-order valence-corrected chi connectivity index (χ2v) is 8.70. The summed E-state index contributed by atoms with van der Waals surface area (Å²) in [5, 5.41) is 8.73. The highest BCUT2D eigenvalue weighted by atomic mass is 16.2. The third-order valence-corrected chi connectivity index (χ3v) is 6.45. The summed E-state index contributed by atoms with van der Waals surface area (Å²) >= 11 is 0. The molecule has 2 aromatic heterocycles. The number of fused-ring (bicyclic) bond motifs is 2. The van der Waals surface area contributed by atoms with Gasteiger partial charge in [-0.1, -0.05) is 18.2 Å². The summed E-state index contributed by atoms with van der Waals surface area (Å²) in [6, 6.07) is 10.0. The van der Waals surface area contributed by atoms with E-state index in [1.165, 1.54) is 4.90 Å². The molecule has 2 aliphatic rings. The number of rotatable bonds is 7. The molecule has 33 heavy (non-hydrogen) atoms. The van der Waals surface area contributed by atoms with Crippen LogP contribution in [0.25, 0.3) is 22.2 Å². The van der Waals surface area contributed by atoms with Gasteiger partial charge in [0.2, 0.25) is 17.7 Å². The van der Waals surface area contributed by atoms with Crippen molar-refractivity contribution in [2.24, 2.45) is 7.05 Å². The summed E-state index contributed by atoms with van der Waals surface area (Å²) in [7, 11) is 2.00. The number of hydrogen-bond donors (Lipinski definition) is 1. The first kappa shape index (κ1) is 21.2. The Kier molecular flexibility index (Phi) is 5.62. The van der Waals surface area contributed by atoms with Gasteiger partial charge in [-0.25, -0.2) is 4.68 Å². The second kappa shape index (κ2) is 8.73. The summed E-state index contributed by atoms with van der Waals surface area (Å²) in [4.78, 5) is 40.3. The number of nitrogens with zero attached hydrogens (tertiary/aromatic N) is 5. The van der Waals surface area contributed by atoms with Crippen LogP contribution in [0.5, 0.6) is 0 Å². The largest absolute Gasteiger partial charge is 0.354 e. The van der Waals surface area contributed by atoms with Crippen molar-refractivity contribution in [2.75, 3.05) is 31.1 Å². The average molecular weight is 449 g/mol. The van der Waals surface area contributed by atoms with Crippen LogP contribution in [-0.4, -0.2) is 63.1 Å². The Labute approximate surface area is 191 Å².